The summed E-state index contributed by atoms with van der Waals surface area (Å²) in [6.07, 6.45) is 0.366. The lowest BCUT2D eigenvalue weighted by molar-refractivity contribution is 0.195. The molecule has 0 saturated carbocycles. The van der Waals surface area contributed by atoms with E-state index in [1.54, 1.807) is 6.92 Å². The van der Waals surface area contributed by atoms with Crippen LogP contribution in [0.1, 0.15) is 25.0 Å². The van der Waals surface area contributed by atoms with E-state index in [-0.39, 0.29) is 6.10 Å². The Labute approximate surface area is 79.4 Å². The van der Waals surface area contributed by atoms with Crippen molar-refractivity contribution in [2.75, 3.05) is 0 Å². The van der Waals surface area contributed by atoms with E-state index in [1.807, 2.05) is 31.2 Å². The molecule has 1 atom stereocenters. The molecule has 0 saturated heterocycles. The third kappa shape index (κ3) is 2.93. The fourth-order valence-electron chi connectivity index (χ4n) is 1.27. The Morgan fingerprint density at radius 1 is 1.38 bits per heavy atom. The molecule has 1 rings (SSSR count). The Hall–Kier alpha value is -1.26. The first-order chi connectivity index (χ1) is 6.24. The average Bonchev–Trinajstić information content (AvgIpc) is 2.08. The van der Waals surface area contributed by atoms with Crippen LogP contribution in [0.25, 0.3) is 0 Å². The van der Waals surface area contributed by atoms with E-state index in [9.17, 15) is 5.11 Å². The zero-order valence-corrected chi connectivity index (χ0v) is 8.04. The predicted molar refractivity (Wildman–Crippen MR) is 54.4 cm³/mol. The van der Waals surface area contributed by atoms with Crippen LogP contribution in [0, 0.1) is 11.8 Å². The van der Waals surface area contributed by atoms with Crippen LogP contribution in [0.2, 0.25) is 0 Å². The van der Waals surface area contributed by atoms with Gasteiger partial charge in [0, 0.05) is 5.56 Å². The van der Waals surface area contributed by atoms with Crippen molar-refractivity contribution in [1.82, 2.24) is 0 Å². The van der Waals surface area contributed by atoms with Gasteiger partial charge < -0.3 is 5.11 Å². The molecule has 0 aromatic heterocycles. The standard InChI is InChI=1S/C12H14O/c1-3-6-11-7-4-5-8-12(11)9-10(2)13/h4-5,7-8,10,13H,9H2,1-2H3. The molecule has 1 aromatic carbocycles. The number of benzene rings is 1. The lowest BCUT2D eigenvalue weighted by atomic mass is 10.0. The van der Waals surface area contributed by atoms with Crippen LogP contribution in [0.5, 0.6) is 0 Å². The van der Waals surface area contributed by atoms with Crippen LogP contribution in [0.3, 0.4) is 0 Å². The van der Waals surface area contributed by atoms with E-state index in [1.165, 1.54) is 0 Å². The van der Waals surface area contributed by atoms with Gasteiger partial charge in [-0.1, -0.05) is 24.1 Å². The number of aliphatic hydroxyl groups is 1. The second kappa shape index (κ2) is 4.69. The van der Waals surface area contributed by atoms with E-state index in [4.69, 9.17) is 0 Å². The third-order valence-electron chi connectivity index (χ3n) is 1.79. The van der Waals surface area contributed by atoms with Crippen molar-refractivity contribution in [1.29, 1.82) is 0 Å². The van der Waals surface area contributed by atoms with Gasteiger partial charge in [-0.05, 0) is 31.9 Å². The van der Waals surface area contributed by atoms with Gasteiger partial charge in [-0.25, -0.2) is 0 Å². The summed E-state index contributed by atoms with van der Waals surface area (Å²) in [6.45, 7) is 3.61. The highest BCUT2D eigenvalue weighted by Gasteiger charge is 2.02. The van der Waals surface area contributed by atoms with Crippen LogP contribution < -0.4 is 0 Å². The molecule has 13 heavy (non-hydrogen) atoms. The Bertz CT molecular complexity index is 328. The summed E-state index contributed by atoms with van der Waals surface area (Å²) >= 11 is 0. The zero-order valence-electron chi connectivity index (χ0n) is 8.04. The molecule has 0 aliphatic heterocycles. The smallest absolute Gasteiger partial charge is 0.0552 e. The van der Waals surface area contributed by atoms with E-state index in [2.05, 4.69) is 11.8 Å². The molecule has 1 nitrogen and oxygen atoms in total. The van der Waals surface area contributed by atoms with Gasteiger partial charge in [-0.3, -0.25) is 0 Å². The Kier molecular flexibility index (Phi) is 3.54. The lowest BCUT2D eigenvalue weighted by Crippen LogP contribution is -2.05. The number of hydrogen-bond acceptors (Lipinski definition) is 1. The largest absolute Gasteiger partial charge is 0.393 e. The van der Waals surface area contributed by atoms with Crippen molar-refractivity contribution in [2.24, 2.45) is 0 Å². The first-order valence-electron chi connectivity index (χ1n) is 4.42. The summed E-state index contributed by atoms with van der Waals surface area (Å²) in [4.78, 5) is 0. The molecular weight excluding hydrogens is 160 g/mol. The molecule has 1 unspecified atom stereocenters. The molecule has 0 spiro atoms. The summed E-state index contributed by atoms with van der Waals surface area (Å²) in [6, 6.07) is 7.92. The second-order valence-corrected chi connectivity index (χ2v) is 3.09. The maximum Gasteiger partial charge on any atom is 0.0552 e. The van der Waals surface area contributed by atoms with Crippen LogP contribution >= 0.6 is 0 Å². The maximum atomic E-state index is 9.25. The summed E-state index contributed by atoms with van der Waals surface area (Å²) in [5, 5.41) is 9.25. The first kappa shape index (κ1) is 9.83. The molecule has 0 radical (unpaired) electrons. The van der Waals surface area contributed by atoms with Gasteiger partial charge >= 0.3 is 0 Å². The lowest BCUT2D eigenvalue weighted by Gasteiger charge is -2.06. The minimum atomic E-state index is -0.306. The van der Waals surface area contributed by atoms with Crippen molar-refractivity contribution < 1.29 is 5.11 Å². The van der Waals surface area contributed by atoms with E-state index in [0.717, 1.165) is 11.1 Å². The molecule has 0 aliphatic rings. The van der Waals surface area contributed by atoms with Crippen molar-refractivity contribution in [3.8, 4) is 11.8 Å². The van der Waals surface area contributed by atoms with Gasteiger partial charge in [0.25, 0.3) is 0 Å². The predicted octanol–water partition coefficient (Wildman–Crippen LogP) is 1.98. The van der Waals surface area contributed by atoms with Gasteiger partial charge in [0.1, 0.15) is 0 Å². The summed E-state index contributed by atoms with van der Waals surface area (Å²) < 4.78 is 0. The van der Waals surface area contributed by atoms with E-state index >= 15 is 0 Å². The minimum Gasteiger partial charge on any atom is -0.393 e. The van der Waals surface area contributed by atoms with Gasteiger partial charge in [0.15, 0.2) is 0 Å². The minimum absolute atomic E-state index is 0.306. The highest BCUT2D eigenvalue weighted by atomic mass is 16.3. The Morgan fingerprint density at radius 3 is 2.69 bits per heavy atom. The highest BCUT2D eigenvalue weighted by molar-refractivity contribution is 5.41. The molecule has 0 aliphatic carbocycles. The molecule has 0 heterocycles. The van der Waals surface area contributed by atoms with Gasteiger partial charge in [-0.15, -0.1) is 5.92 Å². The molecular formula is C12H14O. The molecule has 0 bridgehead atoms. The van der Waals surface area contributed by atoms with Crippen LogP contribution in [0.15, 0.2) is 24.3 Å². The quantitative estimate of drug-likeness (QED) is 0.680. The van der Waals surface area contributed by atoms with E-state index < -0.39 is 0 Å². The second-order valence-electron chi connectivity index (χ2n) is 3.09. The monoisotopic (exact) mass is 174 g/mol. The van der Waals surface area contributed by atoms with Crippen LogP contribution in [-0.2, 0) is 6.42 Å². The van der Waals surface area contributed by atoms with Gasteiger partial charge in [-0.2, -0.15) is 0 Å². The molecule has 1 aromatic rings. The molecule has 0 fully saturated rings. The van der Waals surface area contributed by atoms with Crippen LogP contribution in [0.4, 0.5) is 0 Å². The van der Waals surface area contributed by atoms with Gasteiger partial charge in [0.2, 0.25) is 0 Å². The summed E-state index contributed by atoms with van der Waals surface area (Å²) in [7, 11) is 0. The number of aliphatic hydroxyl groups excluding tert-OH is 1. The van der Waals surface area contributed by atoms with Crippen molar-refractivity contribution in [3.63, 3.8) is 0 Å². The average molecular weight is 174 g/mol. The highest BCUT2D eigenvalue weighted by Crippen LogP contribution is 2.09. The molecule has 1 N–H and O–H groups in total. The maximum absolute atomic E-state index is 9.25. The molecule has 1 heteroatoms. The Morgan fingerprint density at radius 2 is 2.08 bits per heavy atom. The first-order valence-corrected chi connectivity index (χ1v) is 4.42. The van der Waals surface area contributed by atoms with Crippen molar-refractivity contribution in [3.05, 3.63) is 35.4 Å². The number of rotatable bonds is 2. The topological polar surface area (TPSA) is 20.2 Å². The SMILES string of the molecule is CC#Cc1ccccc1CC(C)O. The third-order valence-corrected chi connectivity index (χ3v) is 1.79. The fraction of sp³-hybridized carbons (Fsp3) is 0.333. The summed E-state index contributed by atoms with van der Waals surface area (Å²) in [5.41, 5.74) is 2.14. The normalized spacial score (nSPS) is 11.6. The summed E-state index contributed by atoms with van der Waals surface area (Å²) in [5.74, 6) is 5.89. The molecule has 68 valence electrons. The van der Waals surface area contributed by atoms with Crippen molar-refractivity contribution >= 4 is 0 Å². The Balaban J connectivity index is 2.95. The van der Waals surface area contributed by atoms with Crippen molar-refractivity contribution in [2.45, 2.75) is 26.4 Å². The molecule has 0 amide bonds. The number of hydrogen-bond donors (Lipinski definition) is 1. The van der Waals surface area contributed by atoms with Gasteiger partial charge in [0.05, 0.1) is 6.10 Å². The van der Waals surface area contributed by atoms with Crippen LogP contribution in [-0.4, -0.2) is 11.2 Å². The van der Waals surface area contributed by atoms with E-state index in [0.29, 0.717) is 6.42 Å². The zero-order chi connectivity index (χ0) is 9.68. The fourth-order valence-corrected chi connectivity index (χ4v) is 1.27.